The number of likely N-dealkylation sites (tertiary alicyclic amines) is 1. The highest BCUT2D eigenvalue weighted by atomic mass is 19.1. The molecule has 2 aromatic carbocycles. The normalized spacial score (nSPS) is 25.5. The summed E-state index contributed by atoms with van der Waals surface area (Å²) in [6.07, 6.45) is 1.48. The van der Waals surface area contributed by atoms with Crippen LogP contribution in [0, 0.1) is 17.7 Å². The number of aliphatic hydroxyl groups is 1. The first-order chi connectivity index (χ1) is 13.5. The van der Waals surface area contributed by atoms with E-state index in [1.54, 1.807) is 13.2 Å². The van der Waals surface area contributed by atoms with Crippen LogP contribution in [0.1, 0.15) is 24.5 Å². The van der Waals surface area contributed by atoms with Gasteiger partial charge in [-0.2, -0.15) is 0 Å². The molecule has 4 atom stereocenters. The molecule has 2 fully saturated rings. The second kappa shape index (κ2) is 7.97. The number of benzene rings is 2. The van der Waals surface area contributed by atoms with Gasteiger partial charge in [0.1, 0.15) is 11.5 Å². The van der Waals surface area contributed by atoms with E-state index >= 15 is 0 Å². The Bertz CT molecular complexity index is 799. The van der Waals surface area contributed by atoms with Gasteiger partial charge in [-0.15, -0.1) is 0 Å². The van der Waals surface area contributed by atoms with Crippen LogP contribution >= 0.6 is 0 Å². The lowest BCUT2D eigenvalue weighted by molar-refractivity contribution is 0.116. The van der Waals surface area contributed by atoms with Gasteiger partial charge in [0.2, 0.25) is 0 Å². The zero-order valence-corrected chi connectivity index (χ0v) is 15.9. The smallest absolute Gasteiger partial charge is 0.165 e. The van der Waals surface area contributed by atoms with E-state index in [0.717, 1.165) is 37.4 Å². The number of halogens is 1. The molecule has 2 aromatic rings. The Labute approximate surface area is 164 Å². The number of aliphatic hydroxyl groups excluding tert-OH is 1. The van der Waals surface area contributed by atoms with Gasteiger partial charge in [0.05, 0.1) is 19.3 Å². The Hall–Kier alpha value is -2.31. The van der Waals surface area contributed by atoms with Crippen molar-refractivity contribution in [1.29, 1.82) is 0 Å². The zero-order chi connectivity index (χ0) is 19.7. The summed E-state index contributed by atoms with van der Waals surface area (Å²) in [7, 11) is 1.65. The van der Waals surface area contributed by atoms with E-state index in [2.05, 4.69) is 4.90 Å². The van der Waals surface area contributed by atoms with Crippen LogP contribution in [-0.2, 0) is 0 Å². The van der Waals surface area contributed by atoms with E-state index in [9.17, 15) is 14.6 Å². The third kappa shape index (κ3) is 4.08. The summed E-state index contributed by atoms with van der Waals surface area (Å²) in [5.74, 6) is 1.72. The minimum atomic E-state index is -0.764. The predicted octanol–water partition coefficient (Wildman–Crippen LogP) is 3.36. The van der Waals surface area contributed by atoms with E-state index in [1.165, 1.54) is 12.1 Å². The van der Waals surface area contributed by atoms with Crippen molar-refractivity contribution < 1.29 is 24.1 Å². The molecular weight excluding hydrogens is 361 g/mol. The molecule has 0 aromatic heterocycles. The molecule has 0 bridgehead atoms. The topological polar surface area (TPSA) is 62.2 Å². The van der Waals surface area contributed by atoms with E-state index in [0.29, 0.717) is 23.9 Å². The summed E-state index contributed by atoms with van der Waals surface area (Å²) in [5.41, 5.74) is 0.494. The van der Waals surface area contributed by atoms with Gasteiger partial charge < -0.3 is 19.7 Å². The number of aromatic hydroxyl groups is 1. The van der Waals surface area contributed by atoms with Crippen LogP contribution in [0.4, 0.5) is 4.39 Å². The fourth-order valence-electron chi connectivity index (χ4n) is 4.51. The van der Waals surface area contributed by atoms with Gasteiger partial charge in [0, 0.05) is 19.6 Å². The van der Waals surface area contributed by atoms with Crippen molar-refractivity contribution in [2.75, 3.05) is 26.7 Å². The Morgan fingerprint density at radius 3 is 2.32 bits per heavy atom. The molecule has 0 radical (unpaired) electrons. The second-order valence-corrected chi connectivity index (χ2v) is 7.85. The first-order valence-electron chi connectivity index (χ1n) is 9.71. The summed E-state index contributed by atoms with van der Waals surface area (Å²) >= 11 is 0. The first kappa shape index (κ1) is 19.0. The third-order valence-corrected chi connectivity index (χ3v) is 5.93. The number of nitrogens with zero attached hydrogens (tertiary/aromatic N) is 1. The monoisotopic (exact) mass is 387 g/mol. The molecule has 150 valence electrons. The minimum Gasteiger partial charge on any atom is -0.505 e. The van der Waals surface area contributed by atoms with Crippen LogP contribution in [0.3, 0.4) is 0 Å². The van der Waals surface area contributed by atoms with Crippen LogP contribution in [0.5, 0.6) is 17.2 Å². The largest absolute Gasteiger partial charge is 0.505 e. The van der Waals surface area contributed by atoms with Crippen molar-refractivity contribution in [2.45, 2.75) is 25.0 Å². The van der Waals surface area contributed by atoms with E-state index in [-0.39, 0.29) is 6.10 Å². The van der Waals surface area contributed by atoms with E-state index < -0.39 is 17.7 Å². The lowest BCUT2D eigenvalue weighted by atomic mass is 10.0. The van der Waals surface area contributed by atoms with Gasteiger partial charge in [0.15, 0.2) is 11.6 Å². The minimum absolute atomic E-state index is 0.224. The maximum Gasteiger partial charge on any atom is 0.165 e. The van der Waals surface area contributed by atoms with Crippen LogP contribution < -0.4 is 9.47 Å². The molecule has 1 saturated heterocycles. The molecule has 4 rings (SSSR count). The number of phenols is 1. The maximum atomic E-state index is 13.5. The number of phenolic OH excluding ortho intramolecular Hbond substituents is 1. The van der Waals surface area contributed by atoms with Crippen molar-refractivity contribution in [3.8, 4) is 17.2 Å². The fourth-order valence-corrected chi connectivity index (χ4v) is 4.51. The number of ether oxygens (including phenoxy) is 2. The van der Waals surface area contributed by atoms with Gasteiger partial charge in [-0.05, 0) is 66.6 Å². The Kier molecular flexibility index (Phi) is 5.42. The van der Waals surface area contributed by atoms with Gasteiger partial charge in [0.25, 0.3) is 0 Å². The molecule has 1 aliphatic carbocycles. The highest BCUT2D eigenvalue weighted by molar-refractivity contribution is 5.31. The summed E-state index contributed by atoms with van der Waals surface area (Å²) in [6.45, 7) is 2.32. The summed E-state index contributed by atoms with van der Waals surface area (Å²) in [5, 5.41) is 19.7. The Morgan fingerprint density at radius 1 is 1.07 bits per heavy atom. The van der Waals surface area contributed by atoms with Crippen molar-refractivity contribution in [1.82, 2.24) is 4.90 Å². The molecule has 0 spiro atoms. The molecule has 6 heteroatoms. The molecule has 0 amide bonds. The summed E-state index contributed by atoms with van der Waals surface area (Å²) < 4.78 is 24.8. The van der Waals surface area contributed by atoms with Gasteiger partial charge in [-0.3, -0.25) is 4.90 Å². The quantitative estimate of drug-likeness (QED) is 0.796. The molecule has 5 nitrogen and oxygen atoms in total. The molecule has 28 heavy (non-hydrogen) atoms. The van der Waals surface area contributed by atoms with Gasteiger partial charge in [-0.25, -0.2) is 4.39 Å². The average molecular weight is 387 g/mol. The lowest BCUT2D eigenvalue weighted by Crippen LogP contribution is -2.29. The van der Waals surface area contributed by atoms with E-state index in [4.69, 9.17) is 9.47 Å². The van der Waals surface area contributed by atoms with Crippen LogP contribution in [-0.4, -0.2) is 48.0 Å². The average Bonchev–Trinajstić information content (AvgIpc) is 3.22. The number of hydrogen-bond donors (Lipinski definition) is 2. The van der Waals surface area contributed by atoms with Crippen molar-refractivity contribution >= 4 is 0 Å². The van der Waals surface area contributed by atoms with Gasteiger partial charge in [-0.1, -0.05) is 6.07 Å². The molecule has 1 unspecified atom stereocenters. The van der Waals surface area contributed by atoms with Crippen molar-refractivity contribution in [3.05, 3.63) is 53.8 Å². The molecule has 1 saturated carbocycles. The highest BCUT2D eigenvalue weighted by Crippen LogP contribution is 2.40. The lowest BCUT2D eigenvalue weighted by Gasteiger charge is -2.22. The molecular formula is C22H26FNO4. The predicted molar refractivity (Wildman–Crippen MR) is 103 cm³/mol. The number of β-amino-alcohol motifs (C(OH)–C–C–N with tert-alkyl or cyclic N) is 1. The number of hydrogen-bond acceptors (Lipinski definition) is 5. The first-order valence-corrected chi connectivity index (χ1v) is 9.71. The third-order valence-electron chi connectivity index (χ3n) is 5.93. The SMILES string of the molecule is COc1ccc(O[C@@H]2C[C@@H]3CN(CC(O)c4ccc(O)c(F)c4)C[C@@H]3C2)cc1. The van der Waals surface area contributed by atoms with Crippen LogP contribution in [0.25, 0.3) is 0 Å². The van der Waals surface area contributed by atoms with Crippen LogP contribution in [0.2, 0.25) is 0 Å². The zero-order valence-electron chi connectivity index (χ0n) is 15.9. The molecule has 2 N–H and O–H groups in total. The van der Waals surface area contributed by atoms with E-state index in [1.807, 2.05) is 24.3 Å². The highest BCUT2D eigenvalue weighted by Gasteiger charge is 2.42. The van der Waals surface area contributed by atoms with Gasteiger partial charge >= 0.3 is 0 Å². The molecule has 1 aliphatic heterocycles. The number of fused-ring (bicyclic) bond motifs is 1. The fraction of sp³-hybridized carbons (Fsp3) is 0.455. The summed E-state index contributed by atoms with van der Waals surface area (Å²) in [6, 6.07) is 11.7. The number of methoxy groups -OCH3 is 1. The van der Waals surface area contributed by atoms with Crippen molar-refractivity contribution in [3.63, 3.8) is 0 Å². The molecule has 1 heterocycles. The Morgan fingerprint density at radius 2 is 1.71 bits per heavy atom. The molecule has 2 aliphatic rings. The number of rotatable bonds is 6. The van der Waals surface area contributed by atoms with Crippen LogP contribution in [0.15, 0.2) is 42.5 Å². The second-order valence-electron chi connectivity index (χ2n) is 7.85. The Balaban J connectivity index is 1.28. The summed E-state index contributed by atoms with van der Waals surface area (Å²) in [4.78, 5) is 2.24. The maximum absolute atomic E-state index is 13.5. The standard InChI is InChI=1S/C22H26FNO4/c1-27-17-3-5-18(6-4-17)28-19-8-15-11-24(12-16(15)9-19)13-22(26)14-2-7-21(25)20(23)10-14/h2-7,10,15-16,19,22,25-26H,8-9,11-13H2,1H3/t15-,16+,19-,22?. The van der Waals surface area contributed by atoms with Crippen molar-refractivity contribution in [2.24, 2.45) is 11.8 Å².